The van der Waals surface area contributed by atoms with Crippen LogP contribution in [0.15, 0.2) is 40.3 Å². The number of halogens is 1. The largest absolute Gasteiger partial charge is 0.457 e. The van der Waals surface area contributed by atoms with Crippen molar-refractivity contribution >= 4 is 35.5 Å². The highest BCUT2D eigenvalue weighted by Gasteiger charge is 2.28. The Balaban J connectivity index is 1.95. The molecule has 3 rings (SSSR count). The third kappa shape index (κ3) is 3.02. The molecule has 1 aliphatic rings. The molecular weight excluding hydrogens is 320 g/mol. The number of benzene rings is 1. The minimum absolute atomic E-state index is 0.201. The number of carbonyl (C=O) groups excluding carboxylic acids is 3. The smallest absolute Gasteiger partial charge is 0.328 e. The number of barbiturate groups is 1. The van der Waals surface area contributed by atoms with Gasteiger partial charge in [0, 0.05) is 10.6 Å². The molecule has 0 spiro atoms. The molecule has 2 heterocycles. The van der Waals surface area contributed by atoms with Gasteiger partial charge in [-0.3, -0.25) is 20.2 Å². The molecule has 0 aliphatic carbocycles. The quantitative estimate of drug-likeness (QED) is 0.654. The number of furan rings is 1. The highest BCUT2D eigenvalue weighted by atomic mass is 35.5. The van der Waals surface area contributed by atoms with Gasteiger partial charge < -0.3 is 4.42 Å². The van der Waals surface area contributed by atoms with Gasteiger partial charge in [0.15, 0.2) is 0 Å². The van der Waals surface area contributed by atoms with E-state index in [4.69, 9.17) is 16.0 Å². The summed E-state index contributed by atoms with van der Waals surface area (Å²) in [6, 6.07) is 7.91. The van der Waals surface area contributed by atoms with Crippen LogP contribution in [0.25, 0.3) is 17.4 Å². The van der Waals surface area contributed by atoms with Crippen molar-refractivity contribution < 1.29 is 18.8 Å². The Hall–Kier alpha value is -2.86. The Bertz CT molecular complexity index is 845. The topological polar surface area (TPSA) is 88.4 Å². The first-order valence-electron chi connectivity index (χ1n) is 6.69. The summed E-state index contributed by atoms with van der Waals surface area (Å²) in [6.45, 7) is 1.92. The van der Waals surface area contributed by atoms with Crippen LogP contribution in [-0.2, 0) is 9.59 Å². The molecule has 23 heavy (non-hydrogen) atoms. The molecule has 4 amide bonds. The van der Waals surface area contributed by atoms with Crippen molar-refractivity contribution in [2.45, 2.75) is 6.92 Å². The molecular formula is C16H11ClN2O4. The third-order valence-corrected chi connectivity index (χ3v) is 3.56. The number of imide groups is 2. The first-order chi connectivity index (χ1) is 10.9. The van der Waals surface area contributed by atoms with Crippen molar-refractivity contribution in [1.82, 2.24) is 10.6 Å². The minimum Gasteiger partial charge on any atom is -0.457 e. The van der Waals surface area contributed by atoms with Crippen molar-refractivity contribution in [2.24, 2.45) is 0 Å². The molecule has 0 unspecified atom stereocenters. The molecule has 1 aromatic carbocycles. The van der Waals surface area contributed by atoms with Crippen LogP contribution in [0.5, 0.6) is 0 Å². The number of amides is 4. The summed E-state index contributed by atoms with van der Waals surface area (Å²) >= 11 is 5.99. The molecule has 2 aromatic rings. The van der Waals surface area contributed by atoms with E-state index in [1.54, 1.807) is 24.3 Å². The second-order valence-corrected chi connectivity index (χ2v) is 5.39. The van der Waals surface area contributed by atoms with Crippen LogP contribution in [0.4, 0.5) is 4.79 Å². The Labute approximate surface area is 136 Å². The van der Waals surface area contributed by atoms with Gasteiger partial charge in [0.1, 0.15) is 17.1 Å². The number of nitrogens with one attached hydrogen (secondary N) is 2. The van der Waals surface area contributed by atoms with E-state index in [0.29, 0.717) is 16.5 Å². The Morgan fingerprint density at radius 1 is 1.04 bits per heavy atom. The predicted octanol–water partition coefficient (Wildman–Crippen LogP) is 2.66. The van der Waals surface area contributed by atoms with E-state index in [9.17, 15) is 14.4 Å². The van der Waals surface area contributed by atoms with Crippen molar-refractivity contribution in [1.29, 1.82) is 0 Å². The van der Waals surface area contributed by atoms with Gasteiger partial charge in [-0.25, -0.2) is 4.79 Å². The molecule has 0 bridgehead atoms. The molecule has 6 nitrogen and oxygen atoms in total. The Morgan fingerprint density at radius 3 is 2.43 bits per heavy atom. The van der Waals surface area contributed by atoms with Gasteiger partial charge in [0.05, 0.1) is 0 Å². The van der Waals surface area contributed by atoms with Gasteiger partial charge in [0.2, 0.25) is 0 Å². The lowest BCUT2D eigenvalue weighted by Crippen LogP contribution is -2.51. The zero-order chi connectivity index (χ0) is 16.6. The van der Waals surface area contributed by atoms with Crippen LogP contribution in [0.1, 0.15) is 11.3 Å². The van der Waals surface area contributed by atoms with E-state index < -0.39 is 17.8 Å². The second-order valence-electron chi connectivity index (χ2n) is 4.96. The minimum atomic E-state index is -0.841. The Kier molecular flexibility index (Phi) is 3.75. The molecule has 1 fully saturated rings. The lowest BCUT2D eigenvalue weighted by molar-refractivity contribution is -0.123. The van der Waals surface area contributed by atoms with Crippen molar-refractivity contribution in [3.63, 3.8) is 0 Å². The molecule has 116 valence electrons. The maximum atomic E-state index is 11.7. The fourth-order valence-corrected chi connectivity index (χ4v) is 2.36. The normalized spacial score (nSPS) is 14.5. The van der Waals surface area contributed by atoms with Gasteiger partial charge >= 0.3 is 6.03 Å². The van der Waals surface area contributed by atoms with E-state index in [1.807, 2.05) is 23.6 Å². The van der Waals surface area contributed by atoms with Crippen LogP contribution in [-0.4, -0.2) is 17.8 Å². The molecule has 0 radical (unpaired) electrons. The fraction of sp³-hybridized carbons (Fsp3) is 0.0625. The van der Waals surface area contributed by atoms with E-state index in [2.05, 4.69) is 0 Å². The molecule has 0 saturated carbocycles. The molecule has 7 heteroatoms. The number of carbonyl (C=O) groups is 3. The molecule has 1 aromatic heterocycles. The van der Waals surface area contributed by atoms with Crippen LogP contribution >= 0.6 is 11.6 Å². The van der Waals surface area contributed by atoms with Gasteiger partial charge in [-0.05, 0) is 42.8 Å². The zero-order valence-corrected chi connectivity index (χ0v) is 12.7. The number of hydrogen-bond donors (Lipinski definition) is 2. The average molecular weight is 331 g/mol. The molecule has 2 N–H and O–H groups in total. The van der Waals surface area contributed by atoms with E-state index in [1.165, 1.54) is 6.08 Å². The first-order valence-corrected chi connectivity index (χ1v) is 7.06. The molecule has 0 atom stereocenters. The van der Waals surface area contributed by atoms with E-state index in [-0.39, 0.29) is 5.57 Å². The second kappa shape index (κ2) is 5.73. The predicted molar refractivity (Wildman–Crippen MR) is 83.5 cm³/mol. The van der Waals surface area contributed by atoms with E-state index >= 15 is 0 Å². The number of hydrogen-bond acceptors (Lipinski definition) is 4. The fourth-order valence-electron chi connectivity index (χ4n) is 2.18. The maximum Gasteiger partial charge on any atom is 0.328 e. The summed E-state index contributed by atoms with van der Waals surface area (Å²) in [5.74, 6) is -0.662. The highest BCUT2D eigenvalue weighted by molar-refractivity contribution is 6.31. The van der Waals surface area contributed by atoms with Gasteiger partial charge in [-0.2, -0.15) is 0 Å². The summed E-state index contributed by atoms with van der Waals surface area (Å²) in [4.78, 5) is 34.4. The lowest BCUT2D eigenvalue weighted by atomic mass is 10.1. The SMILES string of the molecule is Cc1ccc(Cl)cc1-c1ccc(C=C2C(=O)NC(=O)NC2=O)o1. The maximum absolute atomic E-state index is 11.7. The van der Waals surface area contributed by atoms with Crippen LogP contribution in [0, 0.1) is 6.92 Å². The standard InChI is InChI=1S/C16H11ClN2O4/c1-8-2-3-9(17)6-11(8)13-5-4-10(23-13)7-12-14(20)18-16(22)19-15(12)21/h2-7H,1H3,(H2,18,19,20,21,22). The summed E-state index contributed by atoms with van der Waals surface area (Å²) in [5, 5.41) is 4.57. The summed E-state index contributed by atoms with van der Waals surface area (Å²) in [7, 11) is 0. The van der Waals surface area contributed by atoms with Gasteiger partial charge in [-0.1, -0.05) is 17.7 Å². The van der Waals surface area contributed by atoms with Crippen molar-refractivity contribution in [3.05, 3.63) is 52.3 Å². The monoisotopic (exact) mass is 330 g/mol. The highest BCUT2D eigenvalue weighted by Crippen LogP contribution is 2.29. The van der Waals surface area contributed by atoms with Crippen LogP contribution in [0.2, 0.25) is 5.02 Å². The summed E-state index contributed by atoms with van der Waals surface area (Å²) in [6.07, 6.45) is 1.28. The third-order valence-electron chi connectivity index (χ3n) is 3.32. The molecule has 1 saturated heterocycles. The Morgan fingerprint density at radius 2 is 1.74 bits per heavy atom. The average Bonchev–Trinajstić information content (AvgIpc) is 2.94. The van der Waals surface area contributed by atoms with Crippen molar-refractivity contribution in [2.75, 3.05) is 0 Å². The summed E-state index contributed by atoms with van der Waals surface area (Å²) in [5.41, 5.74) is 1.59. The zero-order valence-electron chi connectivity index (χ0n) is 12.0. The van der Waals surface area contributed by atoms with Crippen LogP contribution in [0.3, 0.4) is 0 Å². The number of rotatable bonds is 2. The molecule has 1 aliphatic heterocycles. The lowest BCUT2D eigenvalue weighted by Gasteiger charge is -2.13. The number of urea groups is 1. The first kappa shape index (κ1) is 15.1. The van der Waals surface area contributed by atoms with Gasteiger partial charge in [-0.15, -0.1) is 0 Å². The van der Waals surface area contributed by atoms with Crippen LogP contribution < -0.4 is 10.6 Å². The van der Waals surface area contributed by atoms with Crippen molar-refractivity contribution in [3.8, 4) is 11.3 Å². The van der Waals surface area contributed by atoms with Gasteiger partial charge in [0.25, 0.3) is 11.8 Å². The number of aryl methyl sites for hydroxylation is 1. The summed E-state index contributed by atoms with van der Waals surface area (Å²) < 4.78 is 5.65. The van der Waals surface area contributed by atoms with E-state index in [0.717, 1.165) is 11.1 Å².